The van der Waals surface area contributed by atoms with Crippen LogP contribution in [0.5, 0.6) is 0 Å². The van der Waals surface area contributed by atoms with E-state index in [2.05, 4.69) is 63.6 Å². The van der Waals surface area contributed by atoms with Gasteiger partial charge in [0.25, 0.3) is 0 Å². The van der Waals surface area contributed by atoms with Crippen molar-refractivity contribution in [3.8, 4) is 0 Å². The van der Waals surface area contributed by atoms with E-state index in [1.54, 1.807) is 0 Å². The van der Waals surface area contributed by atoms with E-state index in [0.717, 1.165) is 13.0 Å². The van der Waals surface area contributed by atoms with Crippen molar-refractivity contribution in [3.05, 3.63) is 59.7 Å². The molecule has 0 bridgehead atoms. The number of hydrogen-bond acceptors (Lipinski definition) is 4. The lowest BCUT2D eigenvalue weighted by molar-refractivity contribution is -0.125. The van der Waals surface area contributed by atoms with Crippen LogP contribution >= 0.6 is 0 Å². The van der Waals surface area contributed by atoms with E-state index in [-0.39, 0.29) is 18.6 Å². The summed E-state index contributed by atoms with van der Waals surface area (Å²) in [5.74, 6) is -0.0701. The van der Waals surface area contributed by atoms with Gasteiger partial charge in [-0.1, -0.05) is 30.3 Å². The Labute approximate surface area is 161 Å². The second kappa shape index (κ2) is 8.91. The fourth-order valence-corrected chi connectivity index (χ4v) is 3.55. The lowest BCUT2D eigenvalue weighted by Crippen LogP contribution is -2.38. The van der Waals surface area contributed by atoms with Crippen LogP contribution in [0.4, 0.5) is 11.4 Å². The molecule has 1 aliphatic heterocycles. The van der Waals surface area contributed by atoms with Crippen LogP contribution in [0.1, 0.15) is 24.1 Å². The number of rotatable bonds is 8. The third-order valence-corrected chi connectivity index (χ3v) is 5.02. The van der Waals surface area contributed by atoms with E-state index in [1.165, 1.54) is 22.5 Å². The number of nitrogens with zero attached hydrogens (tertiary/aromatic N) is 2. The van der Waals surface area contributed by atoms with Crippen LogP contribution in [0.25, 0.3) is 0 Å². The number of fused-ring (bicyclic) bond motifs is 1. The van der Waals surface area contributed by atoms with Crippen molar-refractivity contribution in [3.63, 3.8) is 0 Å². The summed E-state index contributed by atoms with van der Waals surface area (Å²) in [4.78, 5) is 16.6. The lowest BCUT2D eigenvalue weighted by Gasteiger charge is -2.31. The van der Waals surface area contributed by atoms with E-state index in [9.17, 15) is 4.79 Å². The maximum Gasteiger partial charge on any atom is 0.246 e. The lowest BCUT2D eigenvalue weighted by atomic mass is 10.0. The second-order valence-electron chi connectivity index (χ2n) is 7.02. The molecule has 5 heteroatoms. The van der Waals surface area contributed by atoms with Gasteiger partial charge in [0.2, 0.25) is 5.91 Å². The summed E-state index contributed by atoms with van der Waals surface area (Å²) < 4.78 is 5.23. The molecule has 1 amide bonds. The Hall–Kier alpha value is -2.53. The molecule has 0 aromatic heterocycles. The molecule has 0 saturated heterocycles. The first-order chi connectivity index (χ1) is 13.1. The van der Waals surface area contributed by atoms with Crippen LogP contribution in [0.2, 0.25) is 0 Å². The highest BCUT2D eigenvalue weighted by molar-refractivity contribution is 5.77. The van der Waals surface area contributed by atoms with Crippen LogP contribution in [-0.4, -0.2) is 46.3 Å². The summed E-state index contributed by atoms with van der Waals surface area (Å²) in [5.41, 5.74) is 5.00. The van der Waals surface area contributed by atoms with Crippen molar-refractivity contribution in [2.45, 2.75) is 19.4 Å². The zero-order valence-electron chi connectivity index (χ0n) is 16.4. The van der Waals surface area contributed by atoms with E-state index in [0.29, 0.717) is 13.2 Å². The fourth-order valence-electron chi connectivity index (χ4n) is 3.55. The van der Waals surface area contributed by atoms with Gasteiger partial charge in [0.05, 0.1) is 6.04 Å². The Morgan fingerprint density at radius 2 is 1.93 bits per heavy atom. The monoisotopic (exact) mass is 367 g/mol. The average Bonchev–Trinajstić information content (AvgIpc) is 3.11. The van der Waals surface area contributed by atoms with Crippen molar-refractivity contribution in [2.75, 3.05) is 50.2 Å². The van der Waals surface area contributed by atoms with E-state index >= 15 is 0 Å². The first-order valence-corrected chi connectivity index (χ1v) is 9.56. The fraction of sp³-hybridized carbons (Fsp3) is 0.409. The van der Waals surface area contributed by atoms with Gasteiger partial charge in [0, 0.05) is 45.2 Å². The van der Waals surface area contributed by atoms with Crippen LogP contribution in [0.15, 0.2) is 48.5 Å². The smallest absolute Gasteiger partial charge is 0.246 e. The van der Waals surface area contributed by atoms with Crippen LogP contribution in [0.3, 0.4) is 0 Å². The zero-order valence-corrected chi connectivity index (χ0v) is 16.4. The molecule has 0 unspecified atom stereocenters. The molecule has 0 fully saturated rings. The molecule has 1 aliphatic rings. The van der Waals surface area contributed by atoms with Crippen molar-refractivity contribution in [1.82, 2.24) is 5.32 Å². The average molecular weight is 367 g/mol. The summed E-state index contributed by atoms with van der Waals surface area (Å²) in [6.45, 7) is 4.06. The SMILES string of the molecule is CCOCC(=O)NC[C@@H](c1ccc(N(C)C)cc1)N1CCc2ccccc21. The highest BCUT2D eigenvalue weighted by Crippen LogP contribution is 2.35. The first kappa shape index (κ1) is 19.2. The predicted octanol–water partition coefficient (Wildman–Crippen LogP) is 3.01. The van der Waals surface area contributed by atoms with E-state index < -0.39 is 0 Å². The number of hydrogen-bond donors (Lipinski definition) is 1. The highest BCUT2D eigenvalue weighted by atomic mass is 16.5. The molecule has 27 heavy (non-hydrogen) atoms. The molecule has 5 nitrogen and oxygen atoms in total. The maximum absolute atomic E-state index is 12.1. The first-order valence-electron chi connectivity index (χ1n) is 9.56. The van der Waals surface area contributed by atoms with E-state index in [4.69, 9.17) is 4.74 Å². The van der Waals surface area contributed by atoms with Gasteiger partial charge in [-0.3, -0.25) is 4.79 Å². The normalized spacial score (nSPS) is 14.0. The van der Waals surface area contributed by atoms with Gasteiger partial charge in [0.15, 0.2) is 0 Å². The number of nitrogens with one attached hydrogen (secondary N) is 1. The highest BCUT2D eigenvalue weighted by Gasteiger charge is 2.27. The molecule has 2 aromatic rings. The molecule has 0 aliphatic carbocycles. The maximum atomic E-state index is 12.1. The quantitative estimate of drug-likeness (QED) is 0.779. The minimum Gasteiger partial charge on any atom is -0.378 e. The van der Waals surface area contributed by atoms with Crippen LogP contribution in [-0.2, 0) is 16.0 Å². The third-order valence-electron chi connectivity index (χ3n) is 5.02. The Bertz CT molecular complexity index is 758. The van der Waals surface area contributed by atoms with Gasteiger partial charge >= 0.3 is 0 Å². The Morgan fingerprint density at radius 3 is 2.63 bits per heavy atom. The Balaban J connectivity index is 1.82. The topological polar surface area (TPSA) is 44.8 Å². The van der Waals surface area contributed by atoms with Gasteiger partial charge in [-0.2, -0.15) is 0 Å². The molecule has 0 spiro atoms. The molecule has 0 radical (unpaired) electrons. The summed E-state index contributed by atoms with van der Waals surface area (Å²) >= 11 is 0. The number of para-hydroxylation sites is 1. The number of carbonyl (C=O) groups is 1. The number of benzene rings is 2. The van der Waals surface area contributed by atoms with Crippen LogP contribution < -0.4 is 15.1 Å². The zero-order chi connectivity index (χ0) is 19.2. The number of amides is 1. The summed E-state index contributed by atoms with van der Waals surface area (Å²) in [6.07, 6.45) is 1.04. The molecular weight excluding hydrogens is 338 g/mol. The Kier molecular flexibility index (Phi) is 6.35. The standard InChI is InChI=1S/C22H29N3O2/c1-4-27-16-22(26)23-15-21(18-9-11-19(12-10-18)24(2)3)25-14-13-17-7-5-6-8-20(17)25/h5-12,21H,4,13-16H2,1-3H3,(H,23,26)/t21-/m0/s1. The van der Waals surface area contributed by atoms with Crippen molar-refractivity contribution < 1.29 is 9.53 Å². The minimum absolute atomic E-state index is 0.0701. The van der Waals surface area contributed by atoms with Gasteiger partial charge in [-0.05, 0) is 42.7 Å². The van der Waals surface area contributed by atoms with Crippen molar-refractivity contribution in [2.24, 2.45) is 0 Å². The van der Waals surface area contributed by atoms with Gasteiger partial charge in [-0.25, -0.2) is 0 Å². The molecule has 144 valence electrons. The molecule has 1 atom stereocenters. The van der Waals surface area contributed by atoms with Gasteiger partial charge in [-0.15, -0.1) is 0 Å². The molecular formula is C22H29N3O2. The predicted molar refractivity (Wildman–Crippen MR) is 111 cm³/mol. The Morgan fingerprint density at radius 1 is 1.19 bits per heavy atom. The molecule has 3 rings (SSSR count). The molecule has 1 heterocycles. The van der Waals surface area contributed by atoms with E-state index in [1.807, 2.05) is 21.0 Å². The second-order valence-corrected chi connectivity index (χ2v) is 7.02. The molecule has 1 N–H and O–H groups in total. The summed E-state index contributed by atoms with van der Waals surface area (Å²) in [5, 5.41) is 3.05. The largest absolute Gasteiger partial charge is 0.378 e. The van der Waals surface area contributed by atoms with Gasteiger partial charge in [0.1, 0.15) is 6.61 Å². The van der Waals surface area contributed by atoms with Gasteiger partial charge < -0.3 is 19.9 Å². The summed E-state index contributed by atoms with van der Waals surface area (Å²) in [7, 11) is 4.08. The van der Waals surface area contributed by atoms with Crippen LogP contribution in [0, 0.1) is 0 Å². The number of carbonyl (C=O) groups excluding carboxylic acids is 1. The molecule has 0 saturated carbocycles. The van der Waals surface area contributed by atoms with Crippen molar-refractivity contribution >= 4 is 17.3 Å². The number of anilines is 2. The minimum atomic E-state index is -0.0701. The van der Waals surface area contributed by atoms with Crippen molar-refractivity contribution in [1.29, 1.82) is 0 Å². The number of ether oxygens (including phenoxy) is 1. The third kappa shape index (κ3) is 4.61. The molecule has 2 aromatic carbocycles. The summed E-state index contributed by atoms with van der Waals surface area (Å²) in [6, 6.07) is 17.2.